The second-order valence-corrected chi connectivity index (χ2v) is 6.38. The van der Waals surface area contributed by atoms with Gasteiger partial charge in [0.15, 0.2) is 0 Å². The van der Waals surface area contributed by atoms with E-state index in [2.05, 4.69) is 5.32 Å². The van der Waals surface area contributed by atoms with Gasteiger partial charge < -0.3 is 15.0 Å². The van der Waals surface area contributed by atoms with Gasteiger partial charge in [-0.2, -0.15) is 0 Å². The first-order valence-electron chi connectivity index (χ1n) is 8.30. The van der Waals surface area contributed by atoms with Crippen molar-refractivity contribution in [1.82, 2.24) is 5.32 Å². The molecule has 1 fully saturated rings. The molecule has 25 heavy (non-hydrogen) atoms. The Morgan fingerprint density at radius 3 is 2.48 bits per heavy atom. The Kier molecular flexibility index (Phi) is 4.74. The zero-order chi connectivity index (χ0) is 18.0. The van der Waals surface area contributed by atoms with Gasteiger partial charge in [0.05, 0.1) is 13.2 Å². The molecule has 1 atom stereocenters. The monoisotopic (exact) mass is 338 g/mol. The molecule has 1 aliphatic heterocycles. The van der Waals surface area contributed by atoms with Crippen molar-refractivity contribution >= 4 is 17.5 Å². The van der Waals surface area contributed by atoms with Crippen molar-refractivity contribution in [3.63, 3.8) is 0 Å². The number of nitrogens with zero attached hydrogens (tertiary/aromatic N) is 1. The lowest BCUT2D eigenvalue weighted by molar-refractivity contribution is -0.117. The SMILES string of the molecule is COc1ccc(N2CC(NC(=O)c3ccc(C)c(C)c3)CC2=O)cc1. The first-order valence-corrected chi connectivity index (χ1v) is 8.30. The van der Waals surface area contributed by atoms with E-state index < -0.39 is 0 Å². The molecule has 1 heterocycles. The Morgan fingerprint density at radius 1 is 1.12 bits per heavy atom. The quantitative estimate of drug-likeness (QED) is 0.932. The van der Waals surface area contributed by atoms with Crippen molar-refractivity contribution in [3.8, 4) is 5.75 Å². The molecule has 2 aromatic carbocycles. The predicted molar refractivity (Wildman–Crippen MR) is 97.1 cm³/mol. The molecule has 0 spiro atoms. The minimum Gasteiger partial charge on any atom is -0.497 e. The highest BCUT2D eigenvalue weighted by Crippen LogP contribution is 2.24. The van der Waals surface area contributed by atoms with Gasteiger partial charge in [0.2, 0.25) is 5.91 Å². The van der Waals surface area contributed by atoms with Crippen LogP contribution in [0.25, 0.3) is 0 Å². The van der Waals surface area contributed by atoms with Gasteiger partial charge in [-0.1, -0.05) is 6.07 Å². The number of nitrogens with one attached hydrogen (secondary N) is 1. The highest BCUT2D eigenvalue weighted by molar-refractivity contribution is 5.99. The highest BCUT2D eigenvalue weighted by atomic mass is 16.5. The van der Waals surface area contributed by atoms with Crippen LogP contribution in [0.5, 0.6) is 5.75 Å². The number of rotatable bonds is 4. The summed E-state index contributed by atoms with van der Waals surface area (Å²) in [5.41, 5.74) is 3.67. The van der Waals surface area contributed by atoms with Gasteiger partial charge in [-0.25, -0.2) is 0 Å². The number of methoxy groups -OCH3 is 1. The first-order chi connectivity index (χ1) is 12.0. The number of benzene rings is 2. The summed E-state index contributed by atoms with van der Waals surface area (Å²) in [6.07, 6.45) is 0.308. The molecule has 5 nitrogen and oxygen atoms in total. The van der Waals surface area contributed by atoms with Gasteiger partial charge in [0, 0.05) is 24.2 Å². The third-order valence-corrected chi connectivity index (χ3v) is 4.61. The van der Waals surface area contributed by atoms with E-state index in [9.17, 15) is 9.59 Å². The molecule has 1 aliphatic rings. The smallest absolute Gasteiger partial charge is 0.251 e. The number of hydrogen-bond acceptors (Lipinski definition) is 3. The summed E-state index contributed by atoms with van der Waals surface area (Å²) >= 11 is 0. The topological polar surface area (TPSA) is 58.6 Å². The van der Waals surface area contributed by atoms with E-state index >= 15 is 0 Å². The Labute approximate surface area is 147 Å². The van der Waals surface area contributed by atoms with Crippen molar-refractivity contribution in [1.29, 1.82) is 0 Å². The summed E-state index contributed by atoms with van der Waals surface area (Å²) in [6.45, 7) is 4.47. The molecule has 0 aliphatic carbocycles. The lowest BCUT2D eigenvalue weighted by Gasteiger charge is -2.17. The van der Waals surface area contributed by atoms with Gasteiger partial charge in [0.1, 0.15) is 5.75 Å². The Bertz CT molecular complexity index is 799. The number of aryl methyl sites for hydroxylation is 2. The maximum absolute atomic E-state index is 12.4. The van der Waals surface area contributed by atoms with Crippen LogP contribution in [0.1, 0.15) is 27.9 Å². The van der Waals surface area contributed by atoms with E-state index in [4.69, 9.17) is 4.74 Å². The van der Waals surface area contributed by atoms with Gasteiger partial charge in [-0.3, -0.25) is 9.59 Å². The summed E-state index contributed by atoms with van der Waals surface area (Å²) in [4.78, 5) is 26.4. The summed E-state index contributed by atoms with van der Waals surface area (Å²) in [5, 5.41) is 2.97. The fourth-order valence-corrected chi connectivity index (χ4v) is 2.97. The standard InChI is InChI=1S/C20H22N2O3/c1-13-4-5-15(10-14(13)2)20(24)21-16-11-19(23)22(12-16)17-6-8-18(25-3)9-7-17/h4-10,16H,11-12H2,1-3H3,(H,21,24). The second-order valence-electron chi connectivity index (χ2n) is 6.38. The lowest BCUT2D eigenvalue weighted by Crippen LogP contribution is -2.37. The molecular weight excluding hydrogens is 316 g/mol. The molecule has 2 aromatic rings. The van der Waals surface area contributed by atoms with E-state index in [-0.39, 0.29) is 17.9 Å². The molecule has 0 radical (unpaired) electrons. The molecule has 130 valence electrons. The Balaban J connectivity index is 1.67. The normalized spacial score (nSPS) is 16.8. The van der Waals surface area contributed by atoms with Crippen molar-refractivity contribution in [2.24, 2.45) is 0 Å². The summed E-state index contributed by atoms with van der Waals surface area (Å²) in [7, 11) is 1.61. The molecule has 0 bridgehead atoms. The highest BCUT2D eigenvalue weighted by Gasteiger charge is 2.31. The van der Waals surface area contributed by atoms with Crippen LogP contribution in [0.3, 0.4) is 0 Å². The lowest BCUT2D eigenvalue weighted by atomic mass is 10.1. The minimum atomic E-state index is -0.191. The van der Waals surface area contributed by atoms with Crippen LogP contribution in [-0.2, 0) is 4.79 Å². The minimum absolute atomic E-state index is 0.00977. The van der Waals surface area contributed by atoms with Gasteiger partial charge in [-0.15, -0.1) is 0 Å². The van der Waals surface area contributed by atoms with Crippen LogP contribution in [0.2, 0.25) is 0 Å². The number of anilines is 1. The zero-order valence-corrected chi connectivity index (χ0v) is 14.7. The van der Waals surface area contributed by atoms with E-state index in [1.165, 1.54) is 0 Å². The van der Waals surface area contributed by atoms with Crippen molar-refractivity contribution < 1.29 is 14.3 Å². The Morgan fingerprint density at radius 2 is 1.84 bits per heavy atom. The average Bonchev–Trinajstić information content (AvgIpc) is 2.97. The molecular formula is C20H22N2O3. The fourth-order valence-electron chi connectivity index (χ4n) is 2.97. The molecule has 1 unspecified atom stereocenters. The van der Waals surface area contributed by atoms with Crippen LogP contribution in [-0.4, -0.2) is 31.5 Å². The van der Waals surface area contributed by atoms with Crippen molar-refractivity contribution in [2.75, 3.05) is 18.6 Å². The van der Waals surface area contributed by atoms with E-state index in [1.54, 1.807) is 12.0 Å². The van der Waals surface area contributed by atoms with Crippen LogP contribution >= 0.6 is 0 Å². The molecule has 0 aromatic heterocycles. The number of carbonyl (C=O) groups excluding carboxylic acids is 2. The van der Waals surface area contributed by atoms with Crippen LogP contribution in [0.4, 0.5) is 5.69 Å². The molecule has 1 N–H and O–H groups in total. The molecule has 5 heteroatoms. The third kappa shape index (κ3) is 3.65. The summed E-state index contributed by atoms with van der Waals surface area (Å²) < 4.78 is 5.14. The van der Waals surface area contributed by atoms with Gasteiger partial charge in [-0.05, 0) is 61.4 Å². The number of carbonyl (C=O) groups is 2. The first kappa shape index (κ1) is 17.0. The summed E-state index contributed by atoms with van der Waals surface area (Å²) in [6, 6.07) is 12.8. The summed E-state index contributed by atoms with van der Waals surface area (Å²) in [5.74, 6) is 0.614. The zero-order valence-electron chi connectivity index (χ0n) is 14.7. The number of amides is 2. The number of ether oxygens (including phenoxy) is 1. The number of hydrogen-bond donors (Lipinski definition) is 1. The van der Waals surface area contributed by atoms with Crippen LogP contribution in [0, 0.1) is 13.8 Å². The van der Waals surface area contributed by atoms with Crippen LogP contribution in [0.15, 0.2) is 42.5 Å². The van der Waals surface area contributed by atoms with Gasteiger partial charge >= 0.3 is 0 Å². The van der Waals surface area contributed by atoms with Crippen molar-refractivity contribution in [2.45, 2.75) is 26.3 Å². The molecule has 0 saturated carbocycles. The van der Waals surface area contributed by atoms with E-state index in [0.29, 0.717) is 18.5 Å². The maximum atomic E-state index is 12.4. The largest absolute Gasteiger partial charge is 0.497 e. The molecule has 2 amide bonds. The fraction of sp³-hybridized carbons (Fsp3) is 0.300. The van der Waals surface area contributed by atoms with E-state index in [1.807, 2.05) is 56.3 Å². The average molecular weight is 338 g/mol. The molecule has 3 rings (SSSR count). The third-order valence-electron chi connectivity index (χ3n) is 4.61. The van der Waals surface area contributed by atoms with Gasteiger partial charge in [0.25, 0.3) is 5.91 Å². The second kappa shape index (κ2) is 6.97. The van der Waals surface area contributed by atoms with E-state index in [0.717, 1.165) is 22.6 Å². The molecule has 1 saturated heterocycles. The predicted octanol–water partition coefficient (Wildman–Crippen LogP) is 2.85. The van der Waals surface area contributed by atoms with Crippen LogP contribution < -0.4 is 15.0 Å². The Hall–Kier alpha value is -2.82. The maximum Gasteiger partial charge on any atom is 0.251 e. The van der Waals surface area contributed by atoms with Crippen molar-refractivity contribution in [3.05, 3.63) is 59.2 Å².